The minimum atomic E-state index is -1.17. The van der Waals surface area contributed by atoms with Gasteiger partial charge in [0.15, 0.2) is 6.04 Å². The van der Waals surface area contributed by atoms with E-state index >= 15 is 0 Å². The summed E-state index contributed by atoms with van der Waals surface area (Å²) < 4.78 is 0. The van der Waals surface area contributed by atoms with Crippen LogP contribution in [0.25, 0.3) is 0 Å². The normalized spacial score (nSPS) is 23.3. The Hall–Kier alpha value is -2.94. The molecule has 1 aromatic carbocycles. The predicted octanol–water partition coefficient (Wildman–Crippen LogP) is 0.644. The molecule has 3 rings (SSSR count). The van der Waals surface area contributed by atoms with Crippen molar-refractivity contribution in [3.05, 3.63) is 35.9 Å². The molecule has 2 saturated heterocycles. The van der Waals surface area contributed by atoms with Crippen molar-refractivity contribution in [2.24, 2.45) is 0 Å². The zero-order valence-corrected chi connectivity index (χ0v) is 16.0. The number of carboxylic acid groups (broad SMARTS) is 2. The molecule has 9 heteroatoms. The molecule has 3 atom stereocenters. The van der Waals surface area contributed by atoms with E-state index in [4.69, 9.17) is 0 Å². The molecule has 9 nitrogen and oxygen atoms in total. The highest BCUT2D eigenvalue weighted by Crippen LogP contribution is 2.25. The number of fused-ring (bicyclic) bond motifs is 1. The summed E-state index contributed by atoms with van der Waals surface area (Å²) in [4.78, 5) is 48.9. The summed E-state index contributed by atoms with van der Waals surface area (Å²) >= 11 is 0. The van der Waals surface area contributed by atoms with E-state index in [1.165, 1.54) is 5.01 Å². The van der Waals surface area contributed by atoms with Gasteiger partial charge in [-0.1, -0.05) is 30.3 Å². The first-order valence-corrected chi connectivity index (χ1v) is 9.77. The van der Waals surface area contributed by atoms with E-state index in [1.54, 1.807) is 0 Å². The van der Waals surface area contributed by atoms with Gasteiger partial charge in [0.05, 0.1) is 6.04 Å². The van der Waals surface area contributed by atoms with E-state index in [0.717, 1.165) is 10.6 Å². The summed E-state index contributed by atoms with van der Waals surface area (Å²) in [6, 6.07) is 6.39. The summed E-state index contributed by atoms with van der Waals surface area (Å²) in [6.07, 6.45) is 1.72. The highest BCUT2D eigenvalue weighted by atomic mass is 16.4. The smallest absolute Gasteiger partial charge is 0.328 e. The fourth-order valence-corrected chi connectivity index (χ4v) is 3.89. The van der Waals surface area contributed by atoms with Crippen LogP contribution in [0.5, 0.6) is 0 Å². The van der Waals surface area contributed by atoms with Crippen LogP contribution in [-0.2, 0) is 25.6 Å². The molecule has 0 bridgehead atoms. The molecule has 156 valence electrons. The maximum absolute atomic E-state index is 13.1. The first-order valence-electron chi connectivity index (χ1n) is 9.77. The van der Waals surface area contributed by atoms with Crippen LogP contribution in [0.4, 0.5) is 0 Å². The van der Waals surface area contributed by atoms with Crippen LogP contribution in [0.15, 0.2) is 30.3 Å². The van der Waals surface area contributed by atoms with Crippen molar-refractivity contribution in [2.45, 2.75) is 56.7 Å². The predicted molar refractivity (Wildman–Crippen MR) is 102 cm³/mol. The van der Waals surface area contributed by atoms with Crippen molar-refractivity contribution in [1.29, 1.82) is 0 Å². The topological polar surface area (TPSA) is 127 Å². The Morgan fingerprint density at radius 3 is 2.52 bits per heavy atom. The van der Waals surface area contributed by atoms with Crippen LogP contribution in [0.1, 0.15) is 37.7 Å². The second kappa shape index (κ2) is 9.04. The van der Waals surface area contributed by atoms with E-state index in [2.05, 4.69) is 5.32 Å². The number of hydrogen-bond donors (Lipinski definition) is 3. The number of nitrogens with zero attached hydrogens (tertiary/aromatic N) is 2. The van der Waals surface area contributed by atoms with E-state index in [1.807, 2.05) is 30.3 Å². The molecule has 2 heterocycles. The number of hydrazine groups is 1. The Morgan fingerprint density at radius 1 is 1.14 bits per heavy atom. The molecule has 0 radical (unpaired) electrons. The van der Waals surface area contributed by atoms with Gasteiger partial charge < -0.3 is 10.2 Å². The second-order valence-electron chi connectivity index (χ2n) is 7.37. The summed E-state index contributed by atoms with van der Waals surface area (Å²) in [7, 11) is 0. The summed E-state index contributed by atoms with van der Waals surface area (Å²) in [6.45, 7) is 0.289. The molecule has 0 saturated carbocycles. The van der Waals surface area contributed by atoms with Crippen molar-refractivity contribution < 1.29 is 29.4 Å². The third kappa shape index (κ3) is 4.73. The fourth-order valence-electron chi connectivity index (χ4n) is 3.89. The van der Waals surface area contributed by atoms with Crippen LogP contribution in [0, 0.1) is 0 Å². The van der Waals surface area contributed by atoms with Crippen molar-refractivity contribution in [3.8, 4) is 0 Å². The van der Waals surface area contributed by atoms with Gasteiger partial charge in [0.1, 0.15) is 6.04 Å². The van der Waals surface area contributed by atoms with Gasteiger partial charge in [-0.3, -0.25) is 24.7 Å². The molecule has 0 unspecified atom stereocenters. The average Bonchev–Trinajstić information content (AvgIpc) is 2.83. The number of rotatable bonds is 7. The Kier molecular flexibility index (Phi) is 6.48. The summed E-state index contributed by atoms with van der Waals surface area (Å²) in [5.41, 5.74) is 0.982. The van der Waals surface area contributed by atoms with Crippen LogP contribution in [0.3, 0.4) is 0 Å². The molecule has 1 aromatic rings. The third-order valence-electron chi connectivity index (χ3n) is 5.41. The van der Waals surface area contributed by atoms with Crippen molar-refractivity contribution in [1.82, 2.24) is 15.3 Å². The van der Waals surface area contributed by atoms with Gasteiger partial charge >= 0.3 is 11.9 Å². The summed E-state index contributed by atoms with van der Waals surface area (Å²) in [5.74, 6) is -3.14. The molecule has 2 aliphatic rings. The van der Waals surface area contributed by atoms with Crippen molar-refractivity contribution >= 4 is 23.8 Å². The fraction of sp³-hybridized carbons (Fsp3) is 0.500. The lowest BCUT2D eigenvalue weighted by Crippen LogP contribution is -2.62. The second-order valence-corrected chi connectivity index (χ2v) is 7.37. The third-order valence-corrected chi connectivity index (χ3v) is 5.41. The molecular weight excluding hydrogens is 378 g/mol. The lowest BCUT2D eigenvalue weighted by molar-refractivity contribution is -0.181. The maximum Gasteiger partial charge on any atom is 0.328 e. The molecule has 0 spiro atoms. The number of carbonyl (C=O) groups is 4. The lowest BCUT2D eigenvalue weighted by atomic mass is 10.0. The SMILES string of the molecule is O=C(O)[C@H](CCc1ccccc1)N[C@H]1CCC(=O)N2CCC[C@@H](C(=O)O)N2C1=O. The highest BCUT2D eigenvalue weighted by molar-refractivity contribution is 5.92. The molecule has 2 amide bonds. The number of carbonyl (C=O) groups excluding carboxylic acids is 2. The summed E-state index contributed by atoms with van der Waals surface area (Å²) in [5, 5.41) is 24.2. The zero-order chi connectivity index (χ0) is 21.0. The number of benzene rings is 1. The molecular formula is C20H25N3O6. The molecule has 29 heavy (non-hydrogen) atoms. The largest absolute Gasteiger partial charge is 0.480 e. The molecule has 2 aliphatic heterocycles. The molecule has 0 aromatic heterocycles. The molecule has 0 aliphatic carbocycles. The van der Waals surface area contributed by atoms with Gasteiger partial charge in [0.25, 0.3) is 5.91 Å². The number of aryl methyl sites for hydroxylation is 1. The maximum atomic E-state index is 13.1. The van der Waals surface area contributed by atoms with Crippen LogP contribution < -0.4 is 5.32 Å². The standard InChI is InChI=1S/C20H25N3O6/c24-17-11-10-14(18(25)23-16(20(28)29)7-4-12-22(17)23)21-15(19(26)27)9-8-13-5-2-1-3-6-13/h1-3,5-6,14-16,21H,4,7-12H2,(H,26,27)(H,28,29)/t14-,15-,16-/m0/s1. The van der Waals surface area contributed by atoms with Gasteiger partial charge in [-0.05, 0) is 37.7 Å². The van der Waals surface area contributed by atoms with Crippen molar-refractivity contribution in [3.63, 3.8) is 0 Å². The Morgan fingerprint density at radius 2 is 1.86 bits per heavy atom. The van der Waals surface area contributed by atoms with Crippen LogP contribution in [-0.4, -0.2) is 68.7 Å². The van der Waals surface area contributed by atoms with Gasteiger partial charge in [-0.15, -0.1) is 0 Å². The van der Waals surface area contributed by atoms with E-state index in [9.17, 15) is 29.4 Å². The quantitative estimate of drug-likeness (QED) is 0.610. The monoisotopic (exact) mass is 403 g/mol. The zero-order valence-electron chi connectivity index (χ0n) is 16.0. The van der Waals surface area contributed by atoms with Gasteiger partial charge in [0, 0.05) is 13.0 Å². The Balaban J connectivity index is 1.75. The number of aliphatic carboxylic acids is 2. The van der Waals surface area contributed by atoms with E-state index in [-0.39, 0.29) is 38.1 Å². The molecule has 2 fully saturated rings. The first-order chi connectivity index (χ1) is 13.9. The first kappa shape index (κ1) is 20.8. The lowest BCUT2D eigenvalue weighted by Gasteiger charge is -2.42. The van der Waals surface area contributed by atoms with Crippen LogP contribution >= 0.6 is 0 Å². The number of amides is 2. The average molecular weight is 403 g/mol. The van der Waals surface area contributed by atoms with Gasteiger partial charge in [-0.2, -0.15) is 0 Å². The molecule has 3 N–H and O–H groups in total. The van der Waals surface area contributed by atoms with Crippen LogP contribution in [0.2, 0.25) is 0 Å². The van der Waals surface area contributed by atoms with E-state index < -0.39 is 36.0 Å². The Labute approximate surface area is 168 Å². The minimum Gasteiger partial charge on any atom is -0.480 e. The highest BCUT2D eigenvalue weighted by Gasteiger charge is 2.44. The van der Waals surface area contributed by atoms with Crippen molar-refractivity contribution in [2.75, 3.05) is 6.54 Å². The number of carboxylic acids is 2. The number of hydrogen-bond acceptors (Lipinski definition) is 5. The number of nitrogens with one attached hydrogen (secondary N) is 1. The Bertz CT molecular complexity index is 784. The van der Waals surface area contributed by atoms with Gasteiger partial charge in [-0.25, -0.2) is 9.80 Å². The van der Waals surface area contributed by atoms with E-state index in [0.29, 0.717) is 12.8 Å². The minimum absolute atomic E-state index is 0.0528. The van der Waals surface area contributed by atoms with Gasteiger partial charge in [0.2, 0.25) is 5.91 Å².